The van der Waals surface area contributed by atoms with Crippen LogP contribution >= 0.6 is 15.9 Å². The van der Waals surface area contributed by atoms with Crippen LogP contribution in [0.2, 0.25) is 0 Å². The van der Waals surface area contributed by atoms with E-state index in [1.165, 1.54) is 0 Å². The van der Waals surface area contributed by atoms with E-state index >= 15 is 0 Å². The van der Waals surface area contributed by atoms with Crippen molar-refractivity contribution in [3.8, 4) is 0 Å². The number of benzene rings is 2. The average Bonchev–Trinajstić information content (AvgIpc) is 3.03. The fraction of sp³-hybridized carbons (Fsp3) is 0.111. The van der Waals surface area contributed by atoms with Gasteiger partial charge in [0.2, 0.25) is 0 Å². The van der Waals surface area contributed by atoms with Crippen molar-refractivity contribution in [2.75, 3.05) is 13.1 Å². The van der Waals surface area contributed by atoms with Crippen LogP contribution in [0, 0.1) is 0 Å². The molecule has 24 heavy (non-hydrogen) atoms. The number of halogens is 1. The summed E-state index contributed by atoms with van der Waals surface area (Å²) >= 11 is 3.34. The molecule has 0 saturated carbocycles. The molecule has 6 heteroatoms. The first-order valence-corrected chi connectivity index (χ1v) is 8.33. The summed E-state index contributed by atoms with van der Waals surface area (Å²) in [5.41, 5.74) is 2.00. The van der Waals surface area contributed by atoms with Gasteiger partial charge in [0.1, 0.15) is 5.69 Å². The third-order valence-electron chi connectivity index (χ3n) is 3.59. The summed E-state index contributed by atoms with van der Waals surface area (Å²) in [6.07, 6.45) is 0. The summed E-state index contributed by atoms with van der Waals surface area (Å²) in [5.74, 6) is -0.372. The van der Waals surface area contributed by atoms with E-state index in [0.717, 1.165) is 15.4 Å². The molecule has 2 amide bonds. The minimum atomic E-state index is -0.193. The lowest BCUT2D eigenvalue weighted by Crippen LogP contribution is -2.34. The Balaban J connectivity index is 1.50. The number of carbonyl (C=O) groups excluding carboxylic acids is 2. The van der Waals surface area contributed by atoms with E-state index in [0.29, 0.717) is 24.3 Å². The van der Waals surface area contributed by atoms with Gasteiger partial charge in [0.05, 0.1) is 5.56 Å². The molecule has 1 heterocycles. The standard InChI is InChI=1S/C18H16BrN3O2/c19-14-7-3-2-6-13(14)17(23)20-9-10-21-18(24)16-11-12-5-1-4-8-15(12)22-16/h1-8,11,22H,9-10H2,(H,20,23)(H,21,24). The summed E-state index contributed by atoms with van der Waals surface area (Å²) in [4.78, 5) is 27.2. The van der Waals surface area contributed by atoms with Gasteiger partial charge in [0.25, 0.3) is 11.8 Å². The number of hydrogen-bond donors (Lipinski definition) is 3. The van der Waals surface area contributed by atoms with Gasteiger partial charge in [-0.3, -0.25) is 9.59 Å². The molecule has 1 aromatic heterocycles. The van der Waals surface area contributed by atoms with Crippen molar-refractivity contribution in [2.24, 2.45) is 0 Å². The molecule has 0 unspecified atom stereocenters. The zero-order valence-corrected chi connectivity index (χ0v) is 14.4. The summed E-state index contributed by atoms with van der Waals surface area (Å²) < 4.78 is 0.740. The van der Waals surface area contributed by atoms with Crippen molar-refractivity contribution < 1.29 is 9.59 Å². The number of nitrogens with one attached hydrogen (secondary N) is 3. The first-order valence-electron chi connectivity index (χ1n) is 7.54. The van der Waals surface area contributed by atoms with E-state index in [1.54, 1.807) is 12.1 Å². The van der Waals surface area contributed by atoms with Crippen LogP contribution in [-0.2, 0) is 0 Å². The van der Waals surface area contributed by atoms with Crippen LogP contribution in [0.3, 0.4) is 0 Å². The molecule has 0 bridgehead atoms. The number of hydrogen-bond acceptors (Lipinski definition) is 2. The predicted molar refractivity (Wildman–Crippen MR) is 97.1 cm³/mol. The Morgan fingerprint density at radius 2 is 1.58 bits per heavy atom. The minimum Gasteiger partial charge on any atom is -0.351 e. The SMILES string of the molecule is O=C(NCCNC(=O)c1ccccc1Br)c1cc2ccccc2[nH]1. The lowest BCUT2D eigenvalue weighted by molar-refractivity contribution is 0.0925. The van der Waals surface area contributed by atoms with Crippen molar-refractivity contribution >= 4 is 38.6 Å². The van der Waals surface area contributed by atoms with E-state index in [9.17, 15) is 9.59 Å². The second kappa shape index (κ2) is 7.31. The summed E-state index contributed by atoms with van der Waals surface area (Å²) in [6.45, 7) is 0.705. The van der Waals surface area contributed by atoms with Crippen LogP contribution in [0.1, 0.15) is 20.8 Å². The van der Waals surface area contributed by atoms with Crippen LogP contribution in [0.5, 0.6) is 0 Å². The Hall–Kier alpha value is -2.60. The molecule has 0 fully saturated rings. The smallest absolute Gasteiger partial charge is 0.267 e. The van der Waals surface area contributed by atoms with Crippen LogP contribution in [0.15, 0.2) is 59.1 Å². The van der Waals surface area contributed by atoms with Crippen molar-refractivity contribution in [1.82, 2.24) is 15.6 Å². The minimum absolute atomic E-state index is 0.178. The maximum Gasteiger partial charge on any atom is 0.267 e. The van der Waals surface area contributed by atoms with Gasteiger partial charge in [-0.1, -0.05) is 30.3 Å². The van der Waals surface area contributed by atoms with Crippen LogP contribution in [0.25, 0.3) is 10.9 Å². The Bertz CT molecular complexity index is 856. The molecule has 0 radical (unpaired) electrons. The number of fused-ring (bicyclic) bond motifs is 1. The van der Waals surface area contributed by atoms with E-state index in [-0.39, 0.29) is 11.8 Å². The first kappa shape index (κ1) is 16.3. The third kappa shape index (κ3) is 3.65. The van der Waals surface area contributed by atoms with E-state index in [2.05, 4.69) is 31.5 Å². The van der Waals surface area contributed by atoms with Gasteiger partial charge < -0.3 is 15.6 Å². The van der Waals surface area contributed by atoms with Crippen LogP contribution < -0.4 is 10.6 Å². The molecule has 0 aliphatic carbocycles. The number of aromatic amines is 1. The van der Waals surface area contributed by atoms with Crippen molar-refractivity contribution in [1.29, 1.82) is 0 Å². The molecule has 0 saturated heterocycles. The number of para-hydroxylation sites is 1. The summed E-state index contributed by atoms with van der Waals surface area (Å²) in [6, 6.07) is 16.7. The summed E-state index contributed by atoms with van der Waals surface area (Å²) in [7, 11) is 0. The van der Waals surface area contributed by atoms with Gasteiger partial charge in [-0.25, -0.2) is 0 Å². The predicted octanol–water partition coefficient (Wildman–Crippen LogP) is 3.09. The summed E-state index contributed by atoms with van der Waals surface area (Å²) in [5, 5.41) is 6.55. The molecule has 0 atom stereocenters. The Morgan fingerprint density at radius 3 is 2.33 bits per heavy atom. The molecule has 5 nitrogen and oxygen atoms in total. The maximum atomic E-state index is 12.1. The average molecular weight is 386 g/mol. The topological polar surface area (TPSA) is 74.0 Å². The zero-order valence-electron chi connectivity index (χ0n) is 12.8. The van der Waals surface area contributed by atoms with Gasteiger partial charge in [-0.15, -0.1) is 0 Å². The second-order valence-corrected chi connectivity index (χ2v) is 6.12. The van der Waals surface area contributed by atoms with Gasteiger partial charge in [-0.05, 0) is 40.2 Å². The molecule has 122 valence electrons. The lowest BCUT2D eigenvalue weighted by atomic mass is 10.2. The highest BCUT2D eigenvalue weighted by molar-refractivity contribution is 9.10. The van der Waals surface area contributed by atoms with E-state index < -0.39 is 0 Å². The maximum absolute atomic E-state index is 12.1. The second-order valence-electron chi connectivity index (χ2n) is 5.26. The van der Waals surface area contributed by atoms with Gasteiger partial charge in [0, 0.05) is 28.5 Å². The lowest BCUT2D eigenvalue weighted by Gasteiger charge is -2.07. The third-order valence-corrected chi connectivity index (χ3v) is 4.28. The number of amides is 2. The Morgan fingerprint density at radius 1 is 0.917 bits per heavy atom. The molecular weight excluding hydrogens is 370 g/mol. The normalized spacial score (nSPS) is 10.5. The molecule has 0 aliphatic rings. The largest absolute Gasteiger partial charge is 0.351 e. The molecule has 3 aromatic rings. The van der Waals surface area contributed by atoms with Crippen LogP contribution in [-0.4, -0.2) is 29.9 Å². The van der Waals surface area contributed by atoms with Crippen molar-refractivity contribution in [2.45, 2.75) is 0 Å². The van der Waals surface area contributed by atoms with Gasteiger partial charge in [-0.2, -0.15) is 0 Å². The van der Waals surface area contributed by atoms with Crippen molar-refractivity contribution in [3.05, 3.63) is 70.3 Å². The highest BCUT2D eigenvalue weighted by atomic mass is 79.9. The van der Waals surface area contributed by atoms with Gasteiger partial charge in [0.15, 0.2) is 0 Å². The zero-order chi connectivity index (χ0) is 16.9. The highest BCUT2D eigenvalue weighted by Gasteiger charge is 2.10. The van der Waals surface area contributed by atoms with Crippen molar-refractivity contribution in [3.63, 3.8) is 0 Å². The molecular formula is C18H16BrN3O2. The number of carbonyl (C=O) groups is 2. The molecule has 2 aromatic carbocycles. The quantitative estimate of drug-likeness (QED) is 0.590. The fourth-order valence-electron chi connectivity index (χ4n) is 2.38. The first-order chi connectivity index (χ1) is 11.6. The highest BCUT2D eigenvalue weighted by Crippen LogP contribution is 2.15. The van der Waals surface area contributed by atoms with E-state index in [4.69, 9.17) is 0 Å². The van der Waals surface area contributed by atoms with Crippen LogP contribution in [0.4, 0.5) is 0 Å². The number of rotatable bonds is 5. The fourth-order valence-corrected chi connectivity index (χ4v) is 2.85. The van der Waals surface area contributed by atoms with Gasteiger partial charge >= 0.3 is 0 Å². The molecule has 3 rings (SSSR count). The number of aromatic nitrogens is 1. The Kier molecular flexibility index (Phi) is 4.96. The van der Waals surface area contributed by atoms with E-state index in [1.807, 2.05) is 42.5 Å². The molecule has 3 N–H and O–H groups in total. The monoisotopic (exact) mass is 385 g/mol. The molecule has 0 aliphatic heterocycles. The Labute approximate surface area is 147 Å². The number of H-pyrrole nitrogens is 1. The molecule has 0 spiro atoms.